The summed E-state index contributed by atoms with van der Waals surface area (Å²) in [5.41, 5.74) is 1.40. The van der Waals surface area contributed by atoms with Crippen molar-refractivity contribution in [2.24, 2.45) is 0 Å². The molecular weight excluding hydrogens is 368 g/mol. The van der Waals surface area contributed by atoms with Crippen molar-refractivity contribution in [2.75, 3.05) is 26.4 Å². The minimum absolute atomic E-state index is 0.280. The van der Waals surface area contributed by atoms with Crippen molar-refractivity contribution < 1.29 is 23.7 Å². The fourth-order valence-electron chi connectivity index (χ4n) is 3.86. The highest BCUT2D eigenvalue weighted by atomic mass is 16.6. The van der Waals surface area contributed by atoms with Crippen LogP contribution in [0.2, 0.25) is 0 Å². The van der Waals surface area contributed by atoms with Crippen LogP contribution in [-0.4, -0.2) is 44.7 Å². The highest BCUT2D eigenvalue weighted by Gasteiger charge is 2.25. The fourth-order valence-corrected chi connectivity index (χ4v) is 3.86. The predicted octanol–water partition coefficient (Wildman–Crippen LogP) is 4.35. The van der Waals surface area contributed by atoms with Gasteiger partial charge in [0.25, 0.3) is 0 Å². The smallest absolute Gasteiger partial charge is 0.119 e. The first kappa shape index (κ1) is 18.8. The normalized spacial score (nSPS) is 27.9. The van der Waals surface area contributed by atoms with Crippen LogP contribution in [0.3, 0.4) is 0 Å². The molecule has 1 aliphatic carbocycles. The zero-order valence-corrected chi connectivity index (χ0v) is 16.6. The zero-order chi connectivity index (χ0) is 19.5. The molecule has 2 unspecified atom stereocenters. The lowest BCUT2D eigenvalue weighted by atomic mass is 9.83. The van der Waals surface area contributed by atoms with E-state index in [9.17, 15) is 0 Å². The Morgan fingerprint density at radius 2 is 1.14 bits per heavy atom. The first-order chi connectivity index (χ1) is 14.3. The Labute approximate surface area is 171 Å². The number of hydrogen-bond donors (Lipinski definition) is 0. The van der Waals surface area contributed by atoms with Gasteiger partial charge in [0.1, 0.15) is 42.7 Å². The van der Waals surface area contributed by atoms with Gasteiger partial charge in [-0.1, -0.05) is 12.1 Å². The topological polar surface area (TPSA) is 52.8 Å². The molecule has 0 spiro atoms. The highest BCUT2D eigenvalue weighted by Crippen LogP contribution is 2.35. The molecule has 2 heterocycles. The molecule has 3 fully saturated rings. The molecule has 5 nitrogen and oxygen atoms in total. The van der Waals surface area contributed by atoms with Gasteiger partial charge in [0.05, 0.1) is 19.3 Å². The third kappa shape index (κ3) is 5.43. The minimum atomic E-state index is 0.280. The summed E-state index contributed by atoms with van der Waals surface area (Å²) in [6, 6.07) is 16.5. The molecule has 0 radical (unpaired) electrons. The van der Waals surface area contributed by atoms with Crippen LogP contribution in [0.25, 0.3) is 0 Å². The molecule has 0 amide bonds. The van der Waals surface area contributed by atoms with Crippen LogP contribution in [0, 0.1) is 0 Å². The van der Waals surface area contributed by atoms with Crippen molar-refractivity contribution in [3.63, 3.8) is 0 Å². The van der Waals surface area contributed by atoms with E-state index < -0.39 is 0 Å². The SMILES string of the molecule is c1cc(O[C@H]2CC[C@H](c3ccc(OCC4CO4)cc3)CC2)ccc1OCC1CO1. The molecule has 154 valence electrons. The lowest BCUT2D eigenvalue weighted by Crippen LogP contribution is -2.23. The molecule has 2 saturated heterocycles. The number of rotatable bonds is 9. The Hall–Kier alpha value is -2.24. The molecule has 0 N–H and O–H groups in total. The summed E-state index contributed by atoms with van der Waals surface area (Å²) in [5, 5.41) is 0. The third-order valence-corrected chi connectivity index (χ3v) is 5.83. The summed E-state index contributed by atoms with van der Waals surface area (Å²) in [7, 11) is 0. The van der Waals surface area contributed by atoms with Crippen molar-refractivity contribution in [3.8, 4) is 17.2 Å². The van der Waals surface area contributed by atoms with E-state index in [1.165, 1.54) is 5.56 Å². The van der Waals surface area contributed by atoms with Crippen LogP contribution in [0.5, 0.6) is 17.2 Å². The van der Waals surface area contributed by atoms with Crippen LogP contribution in [0.4, 0.5) is 0 Å². The van der Waals surface area contributed by atoms with E-state index in [0.29, 0.717) is 31.3 Å². The van der Waals surface area contributed by atoms with E-state index in [-0.39, 0.29) is 6.10 Å². The van der Waals surface area contributed by atoms with E-state index in [4.69, 9.17) is 23.7 Å². The maximum Gasteiger partial charge on any atom is 0.119 e. The lowest BCUT2D eigenvalue weighted by Gasteiger charge is -2.29. The van der Waals surface area contributed by atoms with Gasteiger partial charge in [-0.15, -0.1) is 0 Å². The predicted molar refractivity (Wildman–Crippen MR) is 109 cm³/mol. The average molecular weight is 396 g/mol. The first-order valence-corrected chi connectivity index (χ1v) is 10.7. The molecule has 2 aromatic rings. The Balaban J connectivity index is 1.06. The summed E-state index contributed by atoms with van der Waals surface area (Å²) < 4.78 is 28.0. The molecule has 5 rings (SSSR count). The molecule has 0 aromatic heterocycles. The van der Waals surface area contributed by atoms with Crippen LogP contribution < -0.4 is 14.2 Å². The molecule has 5 heteroatoms. The van der Waals surface area contributed by atoms with Gasteiger partial charge in [-0.05, 0) is 73.6 Å². The number of benzene rings is 2. The van der Waals surface area contributed by atoms with Crippen molar-refractivity contribution in [3.05, 3.63) is 54.1 Å². The maximum atomic E-state index is 6.20. The summed E-state index contributed by atoms with van der Waals surface area (Å²) in [6.45, 7) is 2.94. The second kappa shape index (κ2) is 8.64. The zero-order valence-electron chi connectivity index (χ0n) is 16.6. The van der Waals surface area contributed by atoms with Gasteiger partial charge < -0.3 is 23.7 Å². The summed E-state index contributed by atoms with van der Waals surface area (Å²) in [6.07, 6.45) is 5.35. The highest BCUT2D eigenvalue weighted by molar-refractivity contribution is 5.32. The van der Waals surface area contributed by atoms with E-state index in [0.717, 1.165) is 56.1 Å². The standard InChI is InChI=1S/C24H28O5/c1-5-19(25-13-23-15-27-23)6-2-17(1)18-3-7-21(8-4-18)29-22-11-9-20(10-12-22)26-14-24-16-28-24/h1-2,5-6,9-12,18,21,23-24H,3-4,7-8,13-16H2/t18-,21-,23?,24?. The van der Waals surface area contributed by atoms with Crippen molar-refractivity contribution in [1.82, 2.24) is 0 Å². The van der Waals surface area contributed by atoms with Gasteiger partial charge in [0.2, 0.25) is 0 Å². The summed E-state index contributed by atoms with van der Waals surface area (Å²) in [4.78, 5) is 0. The molecular formula is C24H28O5. The van der Waals surface area contributed by atoms with Crippen LogP contribution >= 0.6 is 0 Å². The van der Waals surface area contributed by atoms with Crippen molar-refractivity contribution in [2.45, 2.75) is 49.9 Å². The first-order valence-electron chi connectivity index (χ1n) is 10.7. The molecule has 2 aromatic carbocycles. The molecule has 29 heavy (non-hydrogen) atoms. The Bertz CT molecular complexity index is 772. The van der Waals surface area contributed by atoms with Gasteiger partial charge in [-0.2, -0.15) is 0 Å². The summed E-state index contributed by atoms with van der Waals surface area (Å²) in [5.74, 6) is 3.33. The molecule has 3 aliphatic rings. The Morgan fingerprint density at radius 1 is 0.655 bits per heavy atom. The second-order valence-electron chi connectivity index (χ2n) is 8.16. The number of epoxide rings is 2. The van der Waals surface area contributed by atoms with E-state index in [1.807, 2.05) is 24.3 Å². The largest absolute Gasteiger partial charge is 0.491 e. The monoisotopic (exact) mass is 396 g/mol. The molecule has 2 atom stereocenters. The third-order valence-electron chi connectivity index (χ3n) is 5.83. The van der Waals surface area contributed by atoms with Crippen molar-refractivity contribution in [1.29, 1.82) is 0 Å². The summed E-state index contributed by atoms with van der Waals surface area (Å²) >= 11 is 0. The Kier molecular flexibility index (Phi) is 5.59. The molecule has 2 aliphatic heterocycles. The van der Waals surface area contributed by atoms with Gasteiger partial charge in [-0.3, -0.25) is 0 Å². The fraction of sp³-hybridized carbons (Fsp3) is 0.500. The van der Waals surface area contributed by atoms with Gasteiger partial charge in [0, 0.05) is 0 Å². The van der Waals surface area contributed by atoms with Crippen LogP contribution in [0.15, 0.2) is 48.5 Å². The van der Waals surface area contributed by atoms with Crippen molar-refractivity contribution >= 4 is 0 Å². The minimum Gasteiger partial charge on any atom is -0.491 e. The average Bonchev–Trinajstić information content (AvgIpc) is 3.68. The van der Waals surface area contributed by atoms with Gasteiger partial charge in [0.15, 0.2) is 0 Å². The van der Waals surface area contributed by atoms with Crippen LogP contribution in [0.1, 0.15) is 37.2 Å². The van der Waals surface area contributed by atoms with E-state index in [1.54, 1.807) is 0 Å². The maximum absolute atomic E-state index is 6.20. The number of hydrogen-bond acceptors (Lipinski definition) is 5. The Morgan fingerprint density at radius 3 is 1.66 bits per heavy atom. The quantitative estimate of drug-likeness (QED) is 0.590. The number of ether oxygens (including phenoxy) is 5. The molecule has 1 saturated carbocycles. The van der Waals surface area contributed by atoms with E-state index in [2.05, 4.69) is 24.3 Å². The van der Waals surface area contributed by atoms with Crippen LogP contribution in [-0.2, 0) is 9.47 Å². The lowest BCUT2D eigenvalue weighted by molar-refractivity contribution is 0.146. The molecule has 0 bridgehead atoms. The van der Waals surface area contributed by atoms with E-state index >= 15 is 0 Å². The van der Waals surface area contributed by atoms with Gasteiger partial charge in [-0.25, -0.2) is 0 Å². The second-order valence-corrected chi connectivity index (χ2v) is 8.16. The van der Waals surface area contributed by atoms with Gasteiger partial charge >= 0.3 is 0 Å².